The van der Waals surface area contributed by atoms with E-state index in [4.69, 9.17) is 21.6 Å². The molecule has 1 unspecified atom stereocenters. The molecule has 0 radical (unpaired) electrons. The minimum absolute atomic E-state index is 0.0522. The van der Waals surface area contributed by atoms with E-state index in [9.17, 15) is 23.1 Å². The summed E-state index contributed by atoms with van der Waals surface area (Å²) < 4.78 is 45.8. The van der Waals surface area contributed by atoms with E-state index in [1.54, 1.807) is 6.07 Å². The number of nitriles is 1. The Kier molecular flexibility index (Phi) is 10.7. The van der Waals surface area contributed by atoms with Crippen LogP contribution < -0.4 is 9.84 Å². The minimum Gasteiger partial charge on any atom is -0.550 e. The molecule has 0 N–H and O–H groups in total. The molecule has 5 nitrogen and oxygen atoms in total. The van der Waals surface area contributed by atoms with Gasteiger partial charge >= 0.3 is 6.18 Å². The summed E-state index contributed by atoms with van der Waals surface area (Å²) in [5.74, 6) is -1.07. The summed E-state index contributed by atoms with van der Waals surface area (Å²) in [4.78, 5) is 11.9. The van der Waals surface area contributed by atoms with Gasteiger partial charge in [-0.1, -0.05) is 29.8 Å². The molecule has 3 aromatic rings. The molecule has 0 fully saturated rings. The molecule has 0 spiro atoms. The van der Waals surface area contributed by atoms with Gasteiger partial charge in [-0.2, -0.15) is 18.4 Å². The molecule has 0 saturated heterocycles. The Hall–Kier alpha value is -3.19. The predicted octanol–water partition coefficient (Wildman–Crippen LogP) is 5.48. The average Bonchev–Trinajstić information content (AvgIpc) is 2.84. The molecule has 0 saturated carbocycles. The highest BCUT2D eigenvalue weighted by Gasteiger charge is 2.31. The van der Waals surface area contributed by atoms with Crippen molar-refractivity contribution in [2.75, 3.05) is 20.4 Å². The van der Waals surface area contributed by atoms with Crippen molar-refractivity contribution in [3.63, 3.8) is 0 Å². The normalized spacial score (nSPS) is 11.8. The van der Waals surface area contributed by atoms with E-state index in [1.165, 1.54) is 23.1 Å². The monoisotopic (exact) mass is 536 g/mol. The van der Waals surface area contributed by atoms with Gasteiger partial charge in [0.2, 0.25) is 0 Å². The summed E-state index contributed by atoms with van der Waals surface area (Å²) in [7, 11) is 4.21. The van der Waals surface area contributed by atoms with Gasteiger partial charge in [0.05, 0.1) is 11.1 Å². The van der Waals surface area contributed by atoms with Gasteiger partial charge in [0.1, 0.15) is 34.9 Å². The number of aliphatic carboxylic acids is 1. The lowest BCUT2D eigenvalue weighted by Gasteiger charge is -2.12. The topological polar surface area (TPSA) is 76.4 Å². The number of carboxylic acids is 1. The number of ether oxygens (including phenoxy) is 1. The van der Waals surface area contributed by atoms with E-state index < -0.39 is 17.7 Å². The van der Waals surface area contributed by atoms with Crippen molar-refractivity contribution < 1.29 is 27.8 Å². The van der Waals surface area contributed by atoms with Crippen LogP contribution >= 0.6 is 11.6 Å². The fraction of sp³-hybridized carbons (Fsp3) is 0.231. The smallest absolute Gasteiger partial charge is 0.416 e. The zero-order chi connectivity index (χ0) is 26.9. The number of benzene rings is 3. The number of halogens is 4. The van der Waals surface area contributed by atoms with Gasteiger partial charge in [-0.05, 0) is 66.9 Å². The number of nitrogens with zero attached hydrogens (tertiary/aromatic N) is 2. The van der Waals surface area contributed by atoms with Gasteiger partial charge in [0, 0.05) is 25.1 Å². The largest absolute Gasteiger partial charge is 0.550 e. The first kappa shape index (κ1) is 29.0. The Morgan fingerprint density at radius 2 is 1.78 bits per heavy atom. The fourth-order valence-corrected chi connectivity index (χ4v) is 4.07. The number of rotatable bonds is 7. The molecule has 3 aromatic carbocycles. The lowest BCUT2D eigenvalue weighted by molar-refractivity contribution is -0.305. The lowest BCUT2D eigenvalue weighted by Crippen LogP contribution is -2.22. The maximum Gasteiger partial charge on any atom is 0.416 e. The highest BCUT2D eigenvalue weighted by molar-refractivity contribution is 7.94. The summed E-state index contributed by atoms with van der Waals surface area (Å²) in [5.41, 5.74) is -0.753. The highest BCUT2D eigenvalue weighted by Crippen LogP contribution is 2.34. The fourth-order valence-electron chi connectivity index (χ4n) is 2.88. The zero-order valence-electron chi connectivity index (χ0n) is 19.8. The third kappa shape index (κ3) is 8.79. The summed E-state index contributed by atoms with van der Waals surface area (Å²) in [5, 5.41) is 19.9. The van der Waals surface area contributed by atoms with Gasteiger partial charge < -0.3 is 14.6 Å². The number of carbonyl (C=O) groups excluding carboxylic acids is 1. The van der Waals surface area contributed by atoms with Crippen LogP contribution in [0.4, 0.5) is 13.2 Å². The van der Waals surface area contributed by atoms with Gasteiger partial charge in [0.15, 0.2) is 4.90 Å². The molecule has 0 amide bonds. The number of hydrogen-bond acceptors (Lipinski definition) is 5. The van der Waals surface area contributed by atoms with Crippen molar-refractivity contribution in [2.24, 2.45) is 0 Å². The van der Waals surface area contributed by atoms with E-state index in [0.29, 0.717) is 16.7 Å². The maximum absolute atomic E-state index is 12.7. The van der Waals surface area contributed by atoms with Crippen LogP contribution in [0.25, 0.3) is 0 Å². The molecule has 3 rings (SSSR count). The predicted molar refractivity (Wildman–Crippen MR) is 133 cm³/mol. The van der Waals surface area contributed by atoms with Crippen LogP contribution in [-0.2, 0) is 28.5 Å². The number of aryl methyl sites for hydroxylation is 1. The summed E-state index contributed by atoms with van der Waals surface area (Å²) in [6.07, 6.45) is -2.47. The van der Waals surface area contributed by atoms with E-state index >= 15 is 0 Å². The Morgan fingerprint density at radius 3 is 2.33 bits per heavy atom. The van der Waals surface area contributed by atoms with E-state index in [1.807, 2.05) is 0 Å². The van der Waals surface area contributed by atoms with E-state index in [0.717, 1.165) is 12.1 Å². The van der Waals surface area contributed by atoms with E-state index in [2.05, 4.69) is 55.0 Å². The minimum atomic E-state index is -4.57. The second kappa shape index (κ2) is 13.2. The number of carboxylic acid groups (broad SMARTS) is 1. The molecule has 36 heavy (non-hydrogen) atoms. The van der Waals surface area contributed by atoms with Crippen LogP contribution in [0.3, 0.4) is 0 Å². The Balaban J connectivity index is 0.000000346. The number of hydrogen-bond donors (Lipinski definition) is 0. The van der Waals surface area contributed by atoms with Crippen molar-refractivity contribution in [2.45, 2.75) is 23.9 Å². The van der Waals surface area contributed by atoms with Crippen molar-refractivity contribution in [1.29, 1.82) is 5.26 Å². The SMILES string of the molecule is CN(C)[S+](C)c1ccccc1.N#Cc1cc(C(F)(F)F)ccc1Oc1ccc(Cl)c(CCC(=O)[O-])c1. The van der Waals surface area contributed by atoms with Gasteiger partial charge in [-0.3, -0.25) is 0 Å². The first-order valence-corrected chi connectivity index (χ1v) is 12.5. The van der Waals surface area contributed by atoms with Crippen LogP contribution in [0.5, 0.6) is 11.5 Å². The van der Waals surface area contributed by atoms with Crippen molar-refractivity contribution in [3.8, 4) is 17.6 Å². The second-order valence-corrected chi connectivity index (χ2v) is 10.2. The standard InChI is InChI=1S/C17H11ClF3NO3.C9H14NS/c18-14-4-3-13(8-10(14)1-6-16(23)24)25-15-5-2-12(17(19,20)21)7-11(15)9-22;1-10(2)11(3)9-7-5-4-6-8-9/h2-5,7-8H,1,6H2,(H,23,24);4-8H,1-3H3/q;+1/p-1. The lowest BCUT2D eigenvalue weighted by atomic mass is 10.1. The average molecular weight is 537 g/mol. The Morgan fingerprint density at radius 1 is 1.11 bits per heavy atom. The highest BCUT2D eigenvalue weighted by atomic mass is 35.5. The van der Waals surface area contributed by atoms with Crippen LogP contribution in [0.15, 0.2) is 71.6 Å². The van der Waals surface area contributed by atoms with Crippen molar-refractivity contribution in [1.82, 2.24) is 4.31 Å². The summed E-state index contributed by atoms with van der Waals surface area (Å²) in [6.45, 7) is 0. The Labute approximate surface area is 216 Å². The van der Waals surface area contributed by atoms with Gasteiger partial charge in [-0.25, -0.2) is 0 Å². The molecular weight excluding hydrogens is 513 g/mol. The third-order valence-electron chi connectivity index (χ3n) is 4.90. The zero-order valence-corrected chi connectivity index (χ0v) is 21.4. The van der Waals surface area contributed by atoms with Gasteiger partial charge in [-0.15, -0.1) is 4.31 Å². The summed E-state index contributed by atoms with van der Waals surface area (Å²) >= 11 is 6.21. The molecule has 10 heteroatoms. The molecule has 0 bridgehead atoms. The molecular formula is C26H24ClF3N2O3S. The third-order valence-corrected chi connectivity index (χ3v) is 7.32. The molecule has 0 aliphatic carbocycles. The molecule has 1 atom stereocenters. The maximum atomic E-state index is 12.7. The van der Waals surface area contributed by atoms with Crippen LogP contribution in [-0.4, -0.2) is 30.6 Å². The Bertz CT molecular complexity index is 1220. The van der Waals surface area contributed by atoms with E-state index in [-0.39, 0.29) is 41.0 Å². The molecule has 0 heterocycles. The van der Waals surface area contributed by atoms with Crippen molar-refractivity contribution >= 4 is 28.7 Å². The quantitative estimate of drug-likeness (QED) is 0.374. The van der Waals surface area contributed by atoms with Crippen LogP contribution in [0.2, 0.25) is 5.02 Å². The first-order valence-electron chi connectivity index (χ1n) is 10.6. The second-order valence-electron chi connectivity index (χ2n) is 7.65. The van der Waals surface area contributed by atoms with Gasteiger partial charge in [0.25, 0.3) is 0 Å². The van der Waals surface area contributed by atoms with Crippen LogP contribution in [0, 0.1) is 11.3 Å². The number of alkyl halides is 3. The molecule has 0 aromatic heterocycles. The molecule has 0 aliphatic heterocycles. The molecule has 0 aliphatic rings. The summed E-state index contributed by atoms with van der Waals surface area (Å²) in [6, 6.07) is 19.2. The number of carbonyl (C=O) groups is 1. The molecule has 190 valence electrons. The van der Waals surface area contributed by atoms with Crippen LogP contribution in [0.1, 0.15) is 23.1 Å². The first-order chi connectivity index (χ1) is 16.9. The van der Waals surface area contributed by atoms with Crippen molar-refractivity contribution in [3.05, 3.63) is 88.4 Å².